The van der Waals surface area contributed by atoms with Crippen molar-refractivity contribution in [3.8, 4) is 0 Å². The van der Waals surface area contributed by atoms with Gasteiger partial charge in [0.15, 0.2) is 7.83 Å². The van der Waals surface area contributed by atoms with E-state index in [4.69, 9.17) is 9.16 Å². The van der Waals surface area contributed by atoms with Gasteiger partial charge in [0, 0.05) is 0 Å². The van der Waals surface area contributed by atoms with Crippen molar-refractivity contribution in [2.75, 3.05) is 0 Å². The zero-order valence-electron chi connectivity index (χ0n) is 13.3. The lowest BCUT2D eigenvalue weighted by Crippen LogP contribution is -2.68. The summed E-state index contributed by atoms with van der Waals surface area (Å²) in [6.07, 6.45) is 7.68. The van der Waals surface area contributed by atoms with Gasteiger partial charge in [0.05, 0.1) is 25.4 Å². The van der Waals surface area contributed by atoms with Crippen molar-refractivity contribution in [3.05, 3.63) is 0 Å². The molecule has 0 amide bonds. The molecule has 4 heteroatoms. The Kier molecular flexibility index (Phi) is 3.33. The summed E-state index contributed by atoms with van der Waals surface area (Å²) in [7, 11) is -2.76. The highest BCUT2D eigenvalue weighted by Crippen LogP contribution is 2.53. The highest BCUT2D eigenvalue weighted by atomic mass is 29.3. The second kappa shape index (κ2) is 4.42. The van der Waals surface area contributed by atoms with Gasteiger partial charge in [-0.2, -0.15) is 0 Å². The van der Waals surface area contributed by atoms with Crippen molar-refractivity contribution in [2.24, 2.45) is 0 Å². The summed E-state index contributed by atoms with van der Waals surface area (Å²) in [4.78, 5) is 0. The van der Waals surface area contributed by atoms with Crippen molar-refractivity contribution in [2.45, 2.75) is 95.0 Å². The van der Waals surface area contributed by atoms with E-state index in [1.807, 2.05) is 0 Å². The molecule has 5 unspecified atom stereocenters. The van der Waals surface area contributed by atoms with Gasteiger partial charge in [0.25, 0.3) is 0 Å². The molecule has 0 aromatic heterocycles. The maximum absolute atomic E-state index is 6.98. The molecule has 2 nitrogen and oxygen atoms in total. The minimum atomic E-state index is -1.58. The Morgan fingerprint density at radius 1 is 1.16 bits per heavy atom. The second-order valence-corrected chi connectivity index (χ2v) is 22.7. The molecule has 0 spiro atoms. The lowest BCUT2D eigenvalue weighted by molar-refractivity contribution is 0.0627. The minimum absolute atomic E-state index is 0.171. The molecule has 0 radical (unpaired) electrons. The molecular formula is C15H30O2Si2. The van der Waals surface area contributed by atoms with Gasteiger partial charge in [-0.1, -0.05) is 26.1 Å². The molecule has 3 fully saturated rings. The number of epoxide rings is 1. The maximum atomic E-state index is 6.98. The summed E-state index contributed by atoms with van der Waals surface area (Å²) in [6, 6.07) is 1.48. The van der Waals surface area contributed by atoms with E-state index < -0.39 is 15.4 Å². The van der Waals surface area contributed by atoms with Crippen LogP contribution in [0.3, 0.4) is 0 Å². The first kappa shape index (κ1) is 14.3. The Balaban J connectivity index is 1.84. The lowest BCUT2D eigenvalue weighted by atomic mass is 10.0. The molecule has 3 aliphatic rings. The van der Waals surface area contributed by atoms with E-state index in [1.165, 1.54) is 38.1 Å². The smallest absolute Gasteiger partial charge is 0.180 e. The number of fused-ring (bicyclic) bond motifs is 1. The number of ether oxygens (including phenoxy) is 1. The van der Waals surface area contributed by atoms with Crippen molar-refractivity contribution in [1.82, 2.24) is 0 Å². The van der Waals surface area contributed by atoms with Crippen molar-refractivity contribution in [3.63, 3.8) is 0 Å². The highest BCUT2D eigenvalue weighted by molar-refractivity contribution is 7.39. The van der Waals surface area contributed by atoms with Crippen LogP contribution in [0.4, 0.5) is 0 Å². The summed E-state index contributed by atoms with van der Waals surface area (Å²) in [5, 5.41) is 0. The summed E-state index contributed by atoms with van der Waals surface area (Å²) in [5.74, 6) is 0. The van der Waals surface area contributed by atoms with Gasteiger partial charge in [-0.25, -0.2) is 0 Å². The average molecular weight is 299 g/mol. The maximum Gasteiger partial charge on any atom is 0.180 e. The average Bonchev–Trinajstić information content (AvgIpc) is 3.13. The molecule has 1 aliphatic carbocycles. The monoisotopic (exact) mass is 298 g/mol. The van der Waals surface area contributed by atoms with Gasteiger partial charge in [-0.15, -0.1) is 0 Å². The van der Waals surface area contributed by atoms with Crippen LogP contribution in [-0.4, -0.2) is 33.2 Å². The molecule has 110 valence electrons. The van der Waals surface area contributed by atoms with Gasteiger partial charge >= 0.3 is 0 Å². The normalized spacial score (nSPS) is 52.6. The zero-order valence-corrected chi connectivity index (χ0v) is 15.3. The number of hydrogen-bond donors (Lipinski definition) is 0. The van der Waals surface area contributed by atoms with Gasteiger partial charge in [-0.3, -0.25) is 0 Å². The summed E-state index contributed by atoms with van der Waals surface area (Å²) in [6.45, 7) is 12.5. The van der Waals surface area contributed by atoms with Crippen LogP contribution < -0.4 is 0 Å². The molecule has 0 N–H and O–H groups in total. The van der Waals surface area contributed by atoms with E-state index in [0.29, 0.717) is 12.2 Å². The van der Waals surface area contributed by atoms with Crippen LogP contribution in [0, 0.1) is 0 Å². The van der Waals surface area contributed by atoms with E-state index in [0.717, 1.165) is 5.54 Å². The van der Waals surface area contributed by atoms with Crippen LogP contribution in [0.2, 0.25) is 31.2 Å². The van der Waals surface area contributed by atoms with Gasteiger partial charge < -0.3 is 9.16 Å². The summed E-state index contributed by atoms with van der Waals surface area (Å²) < 4.78 is 12.7. The first-order chi connectivity index (χ1) is 8.80. The van der Waals surface area contributed by atoms with Crippen LogP contribution in [0.15, 0.2) is 0 Å². The van der Waals surface area contributed by atoms with Crippen LogP contribution in [0.25, 0.3) is 0 Å². The molecule has 2 heterocycles. The van der Waals surface area contributed by atoms with Crippen molar-refractivity contribution < 1.29 is 9.16 Å². The number of hydrogen-bond acceptors (Lipinski definition) is 2. The molecule has 2 saturated heterocycles. The van der Waals surface area contributed by atoms with Crippen LogP contribution in [-0.2, 0) is 9.16 Å². The minimum Gasteiger partial charge on any atom is -0.414 e. The molecule has 0 bridgehead atoms. The van der Waals surface area contributed by atoms with E-state index in [2.05, 4.69) is 33.5 Å². The van der Waals surface area contributed by atoms with Crippen molar-refractivity contribution >= 4 is 15.4 Å². The Morgan fingerprint density at radius 2 is 1.89 bits per heavy atom. The third-order valence-electron chi connectivity index (χ3n) is 6.61. The van der Waals surface area contributed by atoms with Gasteiger partial charge in [0.1, 0.15) is 0 Å². The molecule has 3 rings (SSSR count). The fourth-order valence-corrected chi connectivity index (χ4v) is 17.7. The molecule has 19 heavy (non-hydrogen) atoms. The first-order valence-corrected chi connectivity index (χ1v) is 14.8. The molecule has 2 aliphatic heterocycles. The van der Waals surface area contributed by atoms with Crippen LogP contribution >= 0.6 is 0 Å². The first-order valence-electron chi connectivity index (χ1n) is 8.15. The second-order valence-electron chi connectivity index (χ2n) is 8.12. The SMILES string of the molecule is CCC1(C)CC[Si](C)(C)[Si](C)(C2CCC3OC3C2)O1. The fraction of sp³-hybridized carbons (Fsp3) is 1.00. The lowest BCUT2D eigenvalue weighted by Gasteiger charge is -2.55. The summed E-state index contributed by atoms with van der Waals surface area (Å²) in [5.41, 5.74) is 1.04. The van der Waals surface area contributed by atoms with Gasteiger partial charge in [0.2, 0.25) is 0 Å². The molecule has 0 aromatic rings. The van der Waals surface area contributed by atoms with E-state index in [-0.39, 0.29) is 5.60 Å². The Bertz CT molecular complexity index is 373. The van der Waals surface area contributed by atoms with E-state index in [9.17, 15) is 0 Å². The Morgan fingerprint density at radius 3 is 2.53 bits per heavy atom. The molecular weight excluding hydrogens is 268 g/mol. The molecule has 5 atom stereocenters. The third kappa shape index (κ3) is 2.28. The predicted octanol–water partition coefficient (Wildman–Crippen LogP) is 4.26. The third-order valence-corrected chi connectivity index (χ3v) is 24.1. The van der Waals surface area contributed by atoms with Gasteiger partial charge in [-0.05, 0) is 51.1 Å². The topological polar surface area (TPSA) is 21.8 Å². The summed E-state index contributed by atoms with van der Waals surface area (Å²) >= 11 is 0. The Labute approximate surface area is 120 Å². The predicted molar refractivity (Wildman–Crippen MR) is 84.6 cm³/mol. The van der Waals surface area contributed by atoms with Crippen LogP contribution in [0.5, 0.6) is 0 Å². The quantitative estimate of drug-likeness (QED) is 0.561. The van der Waals surface area contributed by atoms with E-state index in [1.54, 1.807) is 0 Å². The number of rotatable bonds is 2. The standard InChI is InChI=1S/C15H30O2Si2/c1-6-15(2)9-10-18(3,4)19(5,17-15)12-7-8-13-14(11-12)16-13/h12-14H,6-11H2,1-5H3. The Hall–Kier alpha value is 0.354. The highest BCUT2D eigenvalue weighted by Gasteiger charge is 2.60. The zero-order chi connectivity index (χ0) is 13.9. The largest absolute Gasteiger partial charge is 0.414 e. The van der Waals surface area contributed by atoms with E-state index >= 15 is 0 Å². The molecule has 1 saturated carbocycles. The fourth-order valence-electron chi connectivity index (χ4n) is 4.32. The molecule has 0 aromatic carbocycles. The van der Waals surface area contributed by atoms with Crippen LogP contribution in [0.1, 0.15) is 46.0 Å². The van der Waals surface area contributed by atoms with Crippen molar-refractivity contribution in [1.29, 1.82) is 0 Å².